The van der Waals surface area contributed by atoms with E-state index in [2.05, 4.69) is 15.3 Å². The molecule has 0 spiro atoms. The molecule has 0 saturated heterocycles. The standard InChI is InChI=1S/C22H22BFN4O3/c1-12-8-17-15(6-3-7-16(17)21(25)29)20(12)22-27-18(23(30)31)10-19(28-22)26-11-13-4-2-5-14(24)9-13/h2-7,9-10,12,20,30-31H,8,11H2,1H3,(H2,25,29)(H,26,27,28). The Balaban J connectivity index is 1.70. The van der Waals surface area contributed by atoms with Crippen LogP contribution in [0.1, 0.15) is 45.7 Å². The highest BCUT2D eigenvalue weighted by Gasteiger charge is 2.35. The molecule has 1 aliphatic rings. The molecule has 5 N–H and O–H groups in total. The predicted molar refractivity (Wildman–Crippen MR) is 115 cm³/mol. The topological polar surface area (TPSA) is 121 Å². The normalized spacial score (nSPS) is 17.3. The van der Waals surface area contributed by atoms with Crippen molar-refractivity contribution in [1.29, 1.82) is 0 Å². The number of carbonyl (C=O) groups excluding carboxylic acids is 1. The van der Waals surface area contributed by atoms with Gasteiger partial charge in [0.05, 0.1) is 5.59 Å². The molecular weight excluding hydrogens is 398 g/mol. The third-order valence-electron chi connectivity index (χ3n) is 5.58. The summed E-state index contributed by atoms with van der Waals surface area (Å²) < 4.78 is 13.5. The molecular formula is C22H22BFN4O3. The molecule has 4 rings (SSSR count). The van der Waals surface area contributed by atoms with Crippen molar-refractivity contribution < 1.29 is 19.2 Å². The molecule has 2 aromatic carbocycles. The number of hydrogen-bond acceptors (Lipinski definition) is 6. The van der Waals surface area contributed by atoms with Gasteiger partial charge in [-0.3, -0.25) is 4.79 Å². The van der Waals surface area contributed by atoms with E-state index in [1.54, 1.807) is 24.3 Å². The number of nitrogens with two attached hydrogens (primary N) is 1. The maximum Gasteiger partial charge on any atom is 0.508 e. The predicted octanol–water partition coefficient (Wildman–Crippen LogP) is 1.33. The van der Waals surface area contributed by atoms with Gasteiger partial charge in [-0.05, 0) is 53.3 Å². The summed E-state index contributed by atoms with van der Waals surface area (Å²) in [5.41, 5.74) is 8.57. The molecule has 1 amide bonds. The maximum absolute atomic E-state index is 13.5. The first-order valence-electron chi connectivity index (χ1n) is 9.98. The Hall–Kier alpha value is -3.30. The molecule has 0 aliphatic heterocycles. The quantitative estimate of drug-likeness (QED) is 0.447. The lowest BCUT2D eigenvalue weighted by Crippen LogP contribution is -2.35. The Bertz CT molecular complexity index is 1140. The molecule has 31 heavy (non-hydrogen) atoms. The summed E-state index contributed by atoms with van der Waals surface area (Å²) in [5, 5.41) is 22.6. The number of carbonyl (C=O) groups is 1. The second-order valence-corrected chi connectivity index (χ2v) is 7.79. The van der Waals surface area contributed by atoms with Crippen molar-refractivity contribution >= 4 is 24.4 Å². The molecule has 0 saturated carbocycles. The second-order valence-electron chi connectivity index (χ2n) is 7.79. The van der Waals surface area contributed by atoms with Crippen LogP contribution in [0.3, 0.4) is 0 Å². The fourth-order valence-corrected chi connectivity index (χ4v) is 4.18. The summed E-state index contributed by atoms with van der Waals surface area (Å²) >= 11 is 0. The van der Waals surface area contributed by atoms with Crippen LogP contribution < -0.4 is 16.6 Å². The molecule has 3 aromatic rings. The van der Waals surface area contributed by atoms with Gasteiger partial charge >= 0.3 is 7.12 Å². The number of rotatable bonds is 6. The van der Waals surface area contributed by atoms with Crippen molar-refractivity contribution in [3.05, 3.63) is 82.4 Å². The van der Waals surface area contributed by atoms with E-state index in [1.807, 2.05) is 13.0 Å². The van der Waals surface area contributed by atoms with Crippen molar-refractivity contribution in [2.75, 3.05) is 5.32 Å². The Morgan fingerprint density at radius 1 is 1.23 bits per heavy atom. The number of fused-ring (bicyclic) bond motifs is 1. The van der Waals surface area contributed by atoms with E-state index in [-0.39, 0.29) is 23.2 Å². The van der Waals surface area contributed by atoms with Gasteiger partial charge in [0.15, 0.2) is 0 Å². The van der Waals surface area contributed by atoms with Gasteiger partial charge in [0, 0.05) is 18.0 Å². The van der Waals surface area contributed by atoms with Gasteiger partial charge in [0.25, 0.3) is 0 Å². The zero-order valence-electron chi connectivity index (χ0n) is 16.9. The lowest BCUT2D eigenvalue weighted by atomic mass is 9.85. The summed E-state index contributed by atoms with van der Waals surface area (Å²) in [6, 6.07) is 13.0. The lowest BCUT2D eigenvalue weighted by molar-refractivity contribution is 0.0999. The SMILES string of the molecule is CC1Cc2c(C(N)=O)cccc2C1c1nc(NCc2cccc(F)c2)cc(B(O)O)n1. The van der Waals surface area contributed by atoms with Crippen molar-refractivity contribution in [2.24, 2.45) is 11.7 Å². The van der Waals surface area contributed by atoms with E-state index >= 15 is 0 Å². The number of aromatic nitrogens is 2. The van der Waals surface area contributed by atoms with E-state index in [4.69, 9.17) is 5.73 Å². The molecule has 2 atom stereocenters. The minimum Gasteiger partial charge on any atom is -0.422 e. The van der Waals surface area contributed by atoms with E-state index < -0.39 is 13.0 Å². The largest absolute Gasteiger partial charge is 0.508 e. The Morgan fingerprint density at radius 3 is 2.71 bits per heavy atom. The van der Waals surface area contributed by atoms with Gasteiger partial charge in [-0.15, -0.1) is 0 Å². The van der Waals surface area contributed by atoms with Crippen LogP contribution in [0.5, 0.6) is 0 Å². The molecule has 1 aromatic heterocycles. The summed E-state index contributed by atoms with van der Waals surface area (Å²) in [5.74, 6) is -0.164. The molecule has 1 aliphatic carbocycles. The zero-order chi connectivity index (χ0) is 22.1. The Morgan fingerprint density at radius 2 is 2.00 bits per heavy atom. The highest BCUT2D eigenvalue weighted by atomic mass is 19.1. The molecule has 0 fully saturated rings. The average Bonchev–Trinajstić information content (AvgIpc) is 3.07. The van der Waals surface area contributed by atoms with Gasteiger partial charge in [-0.25, -0.2) is 14.4 Å². The highest BCUT2D eigenvalue weighted by Crippen LogP contribution is 2.42. The van der Waals surface area contributed by atoms with Crippen LogP contribution in [-0.2, 0) is 13.0 Å². The molecule has 0 bridgehead atoms. The van der Waals surface area contributed by atoms with Crippen LogP contribution in [0.4, 0.5) is 10.2 Å². The number of nitrogens with one attached hydrogen (secondary N) is 1. The van der Waals surface area contributed by atoms with Crippen molar-refractivity contribution in [3.8, 4) is 0 Å². The summed E-state index contributed by atoms with van der Waals surface area (Å²) in [4.78, 5) is 20.8. The summed E-state index contributed by atoms with van der Waals surface area (Å²) in [6.07, 6.45) is 0.639. The number of nitrogens with zero attached hydrogens (tertiary/aromatic N) is 2. The number of halogens is 1. The van der Waals surface area contributed by atoms with Crippen LogP contribution in [-0.4, -0.2) is 33.0 Å². The van der Waals surface area contributed by atoms with E-state index in [0.717, 1.165) is 16.7 Å². The van der Waals surface area contributed by atoms with Gasteiger partial charge < -0.3 is 21.1 Å². The maximum atomic E-state index is 13.5. The van der Waals surface area contributed by atoms with E-state index in [0.29, 0.717) is 30.2 Å². The van der Waals surface area contributed by atoms with E-state index in [1.165, 1.54) is 18.2 Å². The first-order valence-corrected chi connectivity index (χ1v) is 9.98. The fourth-order valence-electron chi connectivity index (χ4n) is 4.18. The Labute approximate surface area is 179 Å². The average molecular weight is 420 g/mol. The minimum absolute atomic E-state index is 0.0541. The van der Waals surface area contributed by atoms with Crippen molar-refractivity contribution in [3.63, 3.8) is 0 Å². The lowest BCUT2D eigenvalue weighted by Gasteiger charge is -2.18. The molecule has 9 heteroatoms. The fraction of sp³-hybridized carbons (Fsp3) is 0.227. The number of hydrogen-bond donors (Lipinski definition) is 4. The number of anilines is 1. The number of amides is 1. The molecule has 0 radical (unpaired) electrons. The van der Waals surface area contributed by atoms with E-state index in [9.17, 15) is 19.2 Å². The van der Waals surface area contributed by atoms with Crippen molar-refractivity contribution in [1.82, 2.24) is 9.97 Å². The highest BCUT2D eigenvalue weighted by molar-refractivity contribution is 6.57. The number of primary amides is 1. The van der Waals surface area contributed by atoms with Crippen LogP contribution in [0, 0.1) is 11.7 Å². The third-order valence-corrected chi connectivity index (χ3v) is 5.58. The smallest absolute Gasteiger partial charge is 0.422 e. The van der Waals surface area contributed by atoms with Gasteiger partial charge in [-0.2, -0.15) is 0 Å². The molecule has 1 heterocycles. The van der Waals surface area contributed by atoms with Gasteiger partial charge in [-0.1, -0.05) is 31.2 Å². The van der Waals surface area contributed by atoms with Gasteiger partial charge in [0.2, 0.25) is 5.91 Å². The van der Waals surface area contributed by atoms with Crippen LogP contribution in [0.15, 0.2) is 48.5 Å². The van der Waals surface area contributed by atoms with Crippen molar-refractivity contribution in [2.45, 2.75) is 25.8 Å². The van der Waals surface area contributed by atoms with Gasteiger partial charge in [0.1, 0.15) is 17.5 Å². The first-order chi connectivity index (χ1) is 14.8. The number of benzene rings is 2. The van der Waals surface area contributed by atoms with Crippen LogP contribution >= 0.6 is 0 Å². The van der Waals surface area contributed by atoms with Crippen LogP contribution in [0.25, 0.3) is 0 Å². The molecule has 2 unspecified atom stereocenters. The monoisotopic (exact) mass is 420 g/mol. The van der Waals surface area contributed by atoms with Crippen LogP contribution in [0.2, 0.25) is 0 Å². The minimum atomic E-state index is -1.77. The zero-order valence-corrected chi connectivity index (χ0v) is 16.9. The summed E-state index contributed by atoms with van der Waals surface area (Å²) in [7, 11) is -1.77. The third kappa shape index (κ3) is 4.28. The molecule has 7 nitrogen and oxygen atoms in total. The molecule has 158 valence electrons. The second kappa shape index (κ2) is 8.45. The Kier molecular flexibility index (Phi) is 5.71. The first kappa shape index (κ1) is 21.0. The summed E-state index contributed by atoms with van der Waals surface area (Å²) in [6.45, 7) is 2.33.